The summed E-state index contributed by atoms with van der Waals surface area (Å²) in [4.78, 5) is 0.727. The van der Waals surface area contributed by atoms with Crippen LogP contribution in [-0.2, 0) is 0 Å². The largest absolute Gasteiger partial charge is 0.494 e. The minimum atomic E-state index is 0.697. The molecule has 0 saturated heterocycles. The summed E-state index contributed by atoms with van der Waals surface area (Å²) in [6, 6.07) is 15.3. The zero-order valence-corrected chi connectivity index (χ0v) is 16.3. The molecule has 27 heavy (non-hydrogen) atoms. The maximum absolute atomic E-state index is 5.92. The fourth-order valence-corrected chi connectivity index (χ4v) is 3.42. The normalized spacial score (nSPS) is 11.0. The number of hydrogen-bond acceptors (Lipinski definition) is 6. The zero-order valence-electron chi connectivity index (χ0n) is 14.7. The molecular formula is C19H18ClN5OS. The molecule has 4 aromatic rings. The second-order valence-electron chi connectivity index (χ2n) is 5.98. The third-order valence-electron chi connectivity index (χ3n) is 3.97. The number of nitrogens with zero attached hydrogens (tertiary/aromatic N) is 4. The number of halogens is 1. The van der Waals surface area contributed by atoms with E-state index in [9.17, 15) is 0 Å². The van der Waals surface area contributed by atoms with Crippen molar-refractivity contribution in [2.75, 3.05) is 11.9 Å². The predicted molar refractivity (Wildman–Crippen MR) is 109 cm³/mol. The highest BCUT2D eigenvalue weighted by atomic mass is 35.5. The van der Waals surface area contributed by atoms with Crippen LogP contribution in [0, 0.1) is 0 Å². The molecule has 0 saturated carbocycles. The van der Waals surface area contributed by atoms with Gasteiger partial charge in [-0.3, -0.25) is 0 Å². The molecule has 0 bridgehead atoms. The standard InChI is InChI=1S/C19H18ClN5OS/c1-2-3-12-26-16-10-4-13(5-11-16)17-22-23-19-25(17)24-18(27-19)21-15-8-6-14(20)7-9-15/h4-11H,2-3,12H2,1H3,(H,21,24). The summed E-state index contributed by atoms with van der Waals surface area (Å²) < 4.78 is 7.46. The molecule has 0 aliphatic rings. The maximum Gasteiger partial charge on any atom is 0.236 e. The van der Waals surface area contributed by atoms with Crippen LogP contribution in [0.3, 0.4) is 0 Å². The van der Waals surface area contributed by atoms with E-state index in [1.54, 1.807) is 4.52 Å². The third-order valence-corrected chi connectivity index (χ3v) is 5.03. The summed E-state index contributed by atoms with van der Waals surface area (Å²) in [5.41, 5.74) is 1.85. The van der Waals surface area contributed by atoms with E-state index in [1.807, 2.05) is 48.5 Å². The van der Waals surface area contributed by atoms with Gasteiger partial charge in [-0.2, -0.15) is 4.52 Å². The molecule has 4 rings (SSSR count). The average molecular weight is 400 g/mol. The summed E-state index contributed by atoms with van der Waals surface area (Å²) >= 11 is 7.36. The first-order valence-corrected chi connectivity index (χ1v) is 9.90. The number of ether oxygens (including phenoxy) is 1. The van der Waals surface area contributed by atoms with Gasteiger partial charge in [-0.1, -0.05) is 36.3 Å². The first-order valence-electron chi connectivity index (χ1n) is 8.71. The van der Waals surface area contributed by atoms with Gasteiger partial charge in [0.15, 0.2) is 5.82 Å². The molecule has 0 aliphatic carbocycles. The van der Waals surface area contributed by atoms with Gasteiger partial charge in [-0.25, -0.2) is 0 Å². The van der Waals surface area contributed by atoms with Crippen molar-refractivity contribution in [1.29, 1.82) is 0 Å². The molecule has 0 radical (unpaired) electrons. The van der Waals surface area contributed by atoms with Gasteiger partial charge in [0.1, 0.15) is 5.75 Å². The Morgan fingerprint density at radius 3 is 2.59 bits per heavy atom. The summed E-state index contributed by atoms with van der Waals surface area (Å²) in [5, 5.41) is 17.8. The van der Waals surface area contributed by atoms with Crippen LogP contribution in [0.2, 0.25) is 5.02 Å². The number of anilines is 2. The van der Waals surface area contributed by atoms with E-state index in [1.165, 1.54) is 11.3 Å². The molecule has 8 heteroatoms. The van der Waals surface area contributed by atoms with Crippen molar-refractivity contribution in [3.8, 4) is 17.1 Å². The van der Waals surface area contributed by atoms with E-state index < -0.39 is 0 Å². The molecule has 1 N–H and O–H groups in total. The van der Waals surface area contributed by atoms with Gasteiger partial charge in [0, 0.05) is 16.3 Å². The second-order valence-corrected chi connectivity index (χ2v) is 7.38. The lowest BCUT2D eigenvalue weighted by molar-refractivity contribution is 0.309. The Hall–Kier alpha value is -2.64. The smallest absolute Gasteiger partial charge is 0.236 e. The van der Waals surface area contributed by atoms with Crippen LogP contribution in [0.15, 0.2) is 48.5 Å². The lowest BCUT2D eigenvalue weighted by Gasteiger charge is -2.05. The zero-order chi connectivity index (χ0) is 18.6. The van der Waals surface area contributed by atoms with Crippen molar-refractivity contribution < 1.29 is 4.74 Å². The van der Waals surface area contributed by atoms with Crippen molar-refractivity contribution in [2.24, 2.45) is 0 Å². The quantitative estimate of drug-likeness (QED) is 0.420. The molecule has 138 valence electrons. The fourth-order valence-electron chi connectivity index (χ4n) is 2.54. The van der Waals surface area contributed by atoms with Gasteiger partial charge in [0.2, 0.25) is 10.1 Å². The van der Waals surface area contributed by atoms with Gasteiger partial charge < -0.3 is 10.1 Å². The van der Waals surface area contributed by atoms with Crippen molar-refractivity contribution in [2.45, 2.75) is 19.8 Å². The minimum Gasteiger partial charge on any atom is -0.494 e. The van der Waals surface area contributed by atoms with Gasteiger partial charge in [-0.15, -0.1) is 15.3 Å². The van der Waals surface area contributed by atoms with Crippen molar-refractivity contribution in [3.63, 3.8) is 0 Å². The van der Waals surface area contributed by atoms with Crippen molar-refractivity contribution >= 4 is 38.7 Å². The Balaban J connectivity index is 1.54. The van der Waals surface area contributed by atoms with Gasteiger partial charge in [-0.05, 0) is 55.0 Å². The highest BCUT2D eigenvalue weighted by Crippen LogP contribution is 2.27. The Labute approximate surface area is 165 Å². The highest BCUT2D eigenvalue weighted by Gasteiger charge is 2.13. The predicted octanol–water partition coefficient (Wildman–Crippen LogP) is 5.43. The number of unbranched alkanes of at least 4 members (excludes halogenated alkanes) is 1. The molecule has 0 spiro atoms. The number of nitrogens with one attached hydrogen (secondary N) is 1. The first kappa shape index (κ1) is 17.8. The van der Waals surface area contributed by atoms with E-state index in [4.69, 9.17) is 16.3 Å². The Bertz CT molecular complexity index is 1030. The second kappa shape index (κ2) is 7.94. The fraction of sp³-hybridized carbons (Fsp3) is 0.211. The first-order chi connectivity index (χ1) is 13.2. The maximum atomic E-state index is 5.92. The molecule has 0 amide bonds. The van der Waals surface area contributed by atoms with Gasteiger partial charge in [0.25, 0.3) is 0 Å². The van der Waals surface area contributed by atoms with Crippen molar-refractivity contribution in [3.05, 3.63) is 53.6 Å². The van der Waals surface area contributed by atoms with Gasteiger partial charge >= 0.3 is 0 Å². The SMILES string of the molecule is CCCCOc1ccc(-c2nnc3sc(Nc4ccc(Cl)cc4)nn23)cc1. The molecule has 0 aliphatic heterocycles. The number of benzene rings is 2. The van der Waals surface area contributed by atoms with Crippen LogP contribution in [0.25, 0.3) is 16.3 Å². The van der Waals surface area contributed by atoms with Crippen LogP contribution < -0.4 is 10.1 Å². The Morgan fingerprint density at radius 1 is 1.07 bits per heavy atom. The van der Waals surface area contributed by atoms with E-state index in [0.717, 1.165) is 46.5 Å². The molecular weight excluding hydrogens is 382 g/mol. The van der Waals surface area contributed by atoms with E-state index >= 15 is 0 Å². The number of fused-ring (bicyclic) bond motifs is 1. The number of hydrogen-bond donors (Lipinski definition) is 1. The molecule has 2 aromatic heterocycles. The molecule has 2 aromatic carbocycles. The Morgan fingerprint density at radius 2 is 1.85 bits per heavy atom. The molecule has 0 fully saturated rings. The lowest BCUT2D eigenvalue weighted by atomic mass is 10.2. The Kier molecular flexibility index (Phi) is 5.22. The third kappa shape index (κ3) is 4.04. The lowest BCUT2D eigenvalue weighted by Crippen LogP contribution is -1.97. The van der Waals surface area contributed by atoms with Crippen LogP contribution in [0.5, 0.6) is 5.75 Å². The van der Waals surface area contributed by atoms with Crippen LogP contribution in [0.4, 0.5) is 10.8 Å². The topological polar surface area (TPSA) is 64.3 Å². The number of rotatable bonds is 7. The van der Waals surface area contributed by atoms with Crippen LogP contribution in [0.1, 0.15) is 19.8 Å². The minimum absolute atomic E-state index is 0.697. The monoisotopic (exact) mass is 399 g/mol. The molecule has 0 atom stereocenters. The number of aromatic nitrogens is 4. The highest BCUT2D eigenvalue weighted by molar-refractivity contribution is 7.20. The molecule has 0 unspecified atom stereocenters. The summed E-state index contributed by atoms with van der Waals surface area (Å²) in [6.07, 6.45) is 2.17. The van der Waals surface area contributed by atoms with Crippen LogP contribution >= 0.6 is 22.9 Å². The summed E-state index contributed by atoms with van der Waals surface area (Å²) in [5.74, 6) is 1.56. The molecule has 6 nitrogen and oxygen atoms in total. The summed E-state index contributed by atoms with van der Waals surface area (Å²) in [6.45, 7) is 2.88. The van der Waals surface area contributed by atoms with Crippen molar-refractivity contribution in [1.82, 2.24) is 19.8 Å². The van der Waals surface area contributed by atoms with E-state index in [-0.39, 0.29) is 0 Å². The summed E-state index contributed by atoms with van der Waals surface area (Å²) in [7, 11) is 0. The van der Waals surface area contributed by atoms with Gasteiger partial charge in [0.05, 0.1) is 6.61 Å². The van der Waals surface area contributed by atoms with Crippen LogP contribution in [-0.4, -0.2) is 26.4 Å². The van der Waals surface area contributed by atoms with E-state index in [0.29, 0.717) is 10.8 Å². The average Bonchev–Trinajstić information content (AvgIpc) is 3.25. The van der Waals surface area contributed by atoms with E-state index in [2.05, 4.69) is 27.5 Å². The molecule has 2 heterocycles.